The Kier molecular flexibility index (Phi) is 7.49. The molecule has 0 spiro atoms. The van der Waals surface area contributed by atoms with E-state index in [-0.39, 0.29) is 22.9 Å². The SMILES string of the molecule is CN1CCN=C1c1cccc(Oc2nc(Oc3cc(C(=N)N)ccc3O)c(F)c(N(C)C(C)(C)C(=O)O)c2F)c1. The Balaban J connectivity index is 1.84. The van der Waals surface area contributed by atoms with Gasteiger partial charge in [0, 0.05) is 31.8 Å². The van der Waals surface area contributed by atoms with Crippen LogP contribution in [0.2, 0.25) is 0 Å². The number of halogens is 2. The van der Waals surface area contributed by atoms with Gasteiger partial charge in [-0.25, -0.2) is 4.79 Å². The van der Waals surface area contributed by atoms with Gasteiger partial charge in [0.2, 0.25) is 11.6 Å². The molecule has 2 heterocycles. The molecule has 0 unspecified atom stereocenters. The van der Waals surface area contributed by atoms with Gasteiger partial charge in [-0.15, -0.1) is 0 Å². The molecule has 13 heteroatoms. The summed E-state index contributed by atoms with van der Waals surface area (Å²) in [5, 5.41) is 27.6. The number of aromatic nitrogens is 1. The van der Waals surface area contributed by atoms with E-state index in [1.807, 2.05) is 11.9 Å². The van der Waals surface area contributed by atoms with Gasteiger partial charge in [0.1, 0.15) is 28.6 Å². The zero-order valence-corrected chi connectivity index (χ0v) is 22.2. The first-order valence-electron chi connectivity index (χ1n) is 12.1. The average Bonchev–Trinajstić information content (AvgIpc) is 3.33. The number of benzene rings is 2. The molecular weight excluding hydrogens is 526 g/mol. The molecule has 0 aliphatic carbocycles. The van der Waals surface area contributed by atoms with Gasteiger partial charge in [-0.2, -0.15) is 13.8 Å². The summed E-state index contributed by atoms with van der Waals surface area (Å²) in [6.45, 7) is 3.89. The van der Waals surface area contributed by atoms with Gasteiger partial charge in [0.25, 0.3) is 11.8 Å². The number of likely N-dealkylation sites (N-methyl/N-ethyl adjacent to an activating group) is 2. The fraction of sp³-hybridized carbons (Fsp3) is 0.259. The lowest BCUT2D eigenvalue weighted by molar-refractivity contribution is -0.142. The van der Waals surface area contributed by atoms with Crippen molar-refractivity contribution in [2.45, 2.75) is 19.4 Å². The van der Waals surface area contributed by atoms with Crippen molar-refractivity contribution < 1.29 is 33.3 Å². The van der Waals surface area contributed by atoms with Crippen molar-refractivity contribution in [1.82, 2.24) is 9.88 Å². The van der Waals surface area contributed by atoms with E-state index < -0.39 is 46.3 Å². The Labute approximate surface area is 228 Å². The second kappa shape index (κ2) is 10.7. The lowest BCUT2D eigenvalue weighted by Crippen LogP contribution is -2.49. The van der Waals surface area contributed by atoms with Crippen LogP contribution in [0.25, 0.3) is 0 Å². The van der Waals surface area contributed by atoms with E-state index >= 15 is 8.78 Å². The number of carboxylic acids is 1. The molecule has 0 saturated carbocycles. The monoisotopic (exact) mass is 554 g/mol. The number of carboxylic acid groups (broad SMARTS) is 1. The fourth-order valence-electron chi connectivity index (χ4n) is 3.86. The van der Waals surface area contributed by atoms with E-state index in [9.17, 15) is 15.0 Å². The molecule has 3 aromatic rings. The van der Waals surface area contributed by atoms with Crippen molar-refractivity contribution >= 4 is 23.3 Å². The number of carbonyl (C=O) groups is 1. The van der Waals surface area contributed by atoms with Gasteiger partial charge in [-0.1, -0.05) is 12.1 Å². The normalized spacial score (nSPS) is 13.2. The molecular formula is C27H28F2N6O5. The van der Waals surface area contributed by atoms with Crippen molar-refractivity contribution in [2.75, 3.05) is 32.1 Å². The number of aliphatic imine (C=N–C) groups is 1. The summed E-state index contributed by atoms with van der Waals surface area (Å²) in [4.78, 5) is 23.1. The van der Waals surface area contributed by atoms with Gasteiger partial charge in [0.15, 0.2) is 11.5 Å². The summed E-state index contributed by atoms with van der Waals surface area (Å²) < 4.78 is 42.9. The number of pyridine rings is 1. The molecule has 1 aromatic heterocycles. The van der Waals surface area contributed by atoms with Crippen molar-refractivity contribution in [3.05, 3.63) is 65.2 Å². The number of ether oxygens (including phenoxy) is 2. The Morgan fingerprint density at radius 3 is 2.42 bits per heavy atom. The Morgan fingerprint density at radius 1 is 1.15 bits per heavy atom. The van der Waals surface area contributed by atoms with Crippen LogP contribution in [0.15, 0.2) is 47.5 Å². The molecule has 0 fully saturated rings. The quantitative estimate of drug-likeness (QED) is 0.227. The van der Waals surface area contributed by atoms with Crippen LogP contribution in [0.4, 0.5) is 14.5 Å². The maximum atomic E-state index is 15.9. The van der Waals surface area contributed by atoms with Crippen molar-refractivity contribution in [3.63, 3.8) is 0 Å². The number of rotatable bonds is 9. The molecule has 1 aliphatic heterocycles. The third-order valence-corrected chi connectivity index (χ3v) is 6.53. The number of hydrogen-bond donors (Lipinski definition) is 4. The number of nitrogens with two attached hydrogens (primary N) is 1. The van der Waals surface area contributed by atoms with Crippen LogP contribution in [-0.4, -0.2) is 70.5 Å². The number of phenolic OH excluding ortho intramolecular Hbond substituents is 1. The highest BCUT2D eigenvalue weighted by Crippen LogP contribution is 2.41. The van der Waals surface area contributed by atoms with Crippen LogP contribution in [0.3, 0.4) is 0 Å². The first-order chi connectivity index (χ1) is 18.8. The lowest BCUT2D eigenvalue weighted by Gasteiger charge is -2.34. The van der Waals surface area contributed by atoms with E-state index in [1.54, 1.807) is 18.2 Å². The fourth-order valence-corrected chi connectivity index (χ4v) is 3.86. The number of anilines is 1. The highest BCUT2D eigenvalue weighted by Gasteiger charge is 2.38. The van der Waals surface area contributed by atoms with E-state index in [4.69, 9.17) is 20.6 Å². The highest BCUT2D eigenvalue weighted by atomic mass is 19.1. The predicted molar refractivity (Wildman–Crippen MR) is 144 cm³/mol. The van der Waals surface area contributed by atoms with Crippen molar-refractivity contribution in [3.8, 4) is 29.0 Å². The molecule has 5 N–H and O–H groups in total. The average molecular weight is 555 g/mol. The van der Waals surface area contributed by atoms with Gasteiger partial charge >= 0.3 is 5.97 Å². The molecule has 0 saturated heterocycles. The first kappa shape index (κ1) is 28.1. The largest absolute Gasteiger partial charge is 0.504 e. The standard InChI is InChI=1S/C27H28F2N6O5/c1-27(2,26(37)38)35(4)21-19(28)24(39-16-7-5-6-15(12-16)23-32-10-11-34(23)3)33-25(20(21)29)40-18-13-14(22(30)31)8-9-17(18)36/h5-9,12-13,36H,10-11H2,1-4H3,(H3,30,31)(H,37,38). The summed E-state index contributed by atoms with van der Waals surface area (Å²) >= 11 is 0. The number of nitrogens with one attached hydrogen (secondary N) is 1. The number of nitrogens with zero attached hydrogens (tertiary/aromatic N) is 4. The highest BCUT2D eigenvalue weighted by molar-refractivity contribution is 6.00. The summed E-state index contributed by atoms with van der Waals surface area (Å²) in [5.74, 6) is -5.73. The molecule has 210 valence electrons. The molecule has 40 heavy (non-hydrogen) atoms. The van der Waals surface area contributed by atoms with E-state index in [0.29, 0.717) is 17.9 Å². The summed E-state index contributed by atoms with van der Waals surface area (Å²) in [7, 11) is 3.08. The molecule has 4 rings (SSSR count). The lowest BCUT2D eigenvalue weighted by atomic mass is 10.0. The Hall–Kier alpha value is -4.94. The zero-order valence-electron chi connectivity index (χ0n) is 22.2. The van der Waals surface area contributed by atoms with E-state index in [0.717, 1.165) is 11.4 Å². The molecule has 0 atom stereocenters. The number of phenols is 1. The third kappa shape index (κ3) is 5.30. The number of aromatic hydroxyl groups is 1. The molecule has 1 aliphatic rings. The maximum absolute atomic E-state index is 15.9. The smallest absolute Gasteiger partial charge is 0.328 e. The van der Waals surface area contributed by atoms with Gasteiger partial charge in [0.05, 0.1) is 6.54 Å². The first-order valence-corrected chi connectivity index (χ1v) is 12.1. The molecule has 0 bridgehead atoms. The van der Waals surface area contributed by atoms with E-state index in [2.05, 4.69) is 9.98 Å². The van der Waals surface area contributed by atoms with E-state index in [1.165, 1.54) is 45.2 Å². The summed E-state index contributed by atoms with van der Waals surface area (Å²) in [6.07, 6.45) is 0. The molecule has 11 nitrogen and oxygen atoms in total. The second-order valence-corrected chi connectivity index (χ2v) is 9.58. The van der Waals surface area contributed by atoms with Crippen LogP contribution < -0.4 is 20.1 Å². The number of nitrogen functional groups attached to an aromatic ring is 1. The summed E-state index contributed by atoms with van der Waals surface area (Å²) in [6, 6.07) is 10.3. The minimum atomic E-state index is -1.76. The maximum Gasteiger partial charge on any atom is 0.328 e. The van der Waals surface area contributed by atoms with Gasteiger partial charge < -0.3 is 35.2 Å². The topological polar surface area (TPSA) is 158 Å². The minimum absolute atomic E-state index is 0.150. The molecule has 0 amide bonds. The van der Waals surface area contributed by atoms with Crippen molar-refractivity contribution in [1.29, 1.82) is 5.41 Å². The Bertz CT molecular complexity index is 1530. The van der Waals surface area contributed by atoms with Crippen molar-refractivity contribution in [2.24, 2.45) is 10.7 Å². The summed E-state index contributed by atoms with van der Waals surface area (Å²) in [5.41, 5.74) is 3.81. The van der Waals surface area contributed by atoms with Crippen LogP contribution in [0.5, 0.6) is 29.0 Å². The van der Waals surface area contributed by atoms with Gasteiger partial charge in [-0.3, -0.25) is 10.4 Å². The minimum Gasteiger partial charge on any atom is -0.504 e. The van der Waals surface area contributed by atoms with Crippen LogP contribution in [0.1, 0.15) is 25.0 Å². The number of amidine groups is 2. The number of aliphatic carboxylic acids is 1. The zero-order chi connectivity index (χ0) is 29.4. The van der Waals surface area contributed by atoms with Crippen LogP contribution in [0, 0.1) is 17.0 Å². The van der Waals surface area contributed by atoms with Gasteiger partial charge in [-0.05, 0) is 44.2 Å². The second-order valence-electron chi connectivity index (χ2n) is 9.58. The van der Waals surface area contributed by atoms with Crippen LogP contribution in [-0.2, 0) is 4.79 Å². The molecule has 2 aromatic carbocycles. The Morgan fingerprint density at radius 2 is 1.82 bits per heavy atom. The molecule has 0 radical (unpaired) electrons. The third-order valence-electron chi connectivity index (χ3n) is 6.53. The number of hydrogen-bond acceptors (Lipinski definition) is 9. The van der Waals surface area contributed by atoms with Crippen LogP contribution >= 0.6 is 0 Å². The predicted octanol–water partition coefficient (Wildman–Crippen LogP) is 3.93.